The minimum atomic E-state index is -3.95. The molecule has 0 atom stereocenters. The Kier molecular flexibility index (Phi) is 4.84. The quantitative estimate of drug-likeness (QED) is 0.688. The molecule has 0 amide bonds. The van der Waals surface area contributed by atoms with Crippen LogP contribution in [0, 0.1) is 3.57 Å². The summed E-state index contributed by atoms with van der Waals surface area (Å²) in [4.78, 5) is 10.9. The summed E-state index contributed by atoms with van der Waals surface area (Å²) >= 11 is 2.08. The number of sulfonamides is 1. The molecule has 2 rings (SSSR count). The molecule has 110 valence electrons. The van der Waals surface area contributed by atoms with Gasteiger partial charge in [-0.3, -0.25) is 4.31 Å². The molecule has 0 radical (unpaired) electrons. The first-order valence-electron chi connectivity index (χ1n) is 5.94. The van der Waals surface area contributed by atoms with E-state index in [1.54, 1.807) is 42.5 Å². The molecule has 0 saturated heterocycles. The topological polar surface area (TPSA) is 77.5 Å². The molecule has 2 aromatic carbocycles. The molecule has 7 heteroatoms. The zero-order chi connectivity index (χ0) is 15.5. The summed E-state index contributed by atoms with van der Waals surface area (Å²) in [5.41, 5.74) is 0.281. The van der Waals surface area contributed by atoms with Crippen LogP contribution in [0.15, 0.2) is 59.5 Å². The summed E-state index contributed by atoms with van der Waals surface area (Å²) in [5, 5.41) is 10.9. The third-order valence-corrected chi connectivity index (χ3v) is 5.23. The van der Waals surface area contributed by atoms with E-state index in [-0.39, 0.29) is 10.6 Å². The van der Waals surface area contributed by atoms with Gasteiger partial charge in [0.1, 0.15) is 0 Å². The summed E-state index contributed by atoms with van der Waals surface area (Å²) in [6.07, 6.45) is 0. The maximum absolute atomic E-state index is 12.6. The highest BCUT2D eigenvalue weighted by Crippen LogP contribution is 2.24. The summed E-state index contributed by atoms with van der Waals surface area (Å²) in [5.74, 6) is -1.46. The number of hydrogen-bond acceptors (Lipinski definition) is 4. The van der Waals surface area contributed by atoms with Crippen molar-refractivity contribution < 1.29 is 18.3 Å². The standard InChI is InChI=1S/C14H12INO4S/c15-11-6-8-12(9-7-11)16(10-14(17)18)21(19,20)13-4-2-1-3-5-13/h1-9H,10H2,(H,17,18)/p-1. The SMILES string of the molecule is O=C([O-])CN(c1ccc(I)cc1)S(=O)(=O)c1ccccc1. The van der Waals surface area contributed by atoms with E-state index in [2.05, 4.69) is 22.6 Å². The van der Waals surface area contributed by atoms with Crippen LogP contribution in [0.1, 0.15) is 0 Å². The molecule has 0 fully saturated rings. The number of carbonyl (C=O) groups is 1. The number of hydrogen-bond donors (Lipinski definition) is 0. The fourth-order valence-corrected chi connectivity index (χ4v) is 3.55. The van der Waals surface area contributed by atoms with E-state index in [0.29, 0.717) is 0 Å². The van der Waals surface area contributed by atoms with Crippen molar-refractivity contribution in [2.75, 3.05) is 10.8 Å². The van der Waals surface area contributed by atoms with Gasteiger partial charge in [0.2, 0.25) is 0 Å². The number of carbonyl (C=O) groups excluding carboxylic acids is 1. The minimum absolute atomic E-state index is 0.0322. The zero-order valence-corrected chi connectivity index (χ0v) is 13.7. The van der Waals surface area contributed by atoms with Crippen molar-refractivity contribution in [3.63, 3.8) is 0 Å². The monoisotopic (exact) mass is 416 g/mol. The highest BCUT2D eigenvalue weighted by Gasteiger charge is 2.24. The summed E-state index contributed by atoms with van der Waals surface area (Å²) < 4.78 is 26.9. The molecular weight excluding hydrogens is 405 g/mol. The van der Waals surface area contributed by atoms with Crippen LogP contribution in [0.2, 0.25) is 0 Å². The highest BCUT2D eigenvalue weighted by molar-refractivity contribution is 14.1. The van der Waals surface area contributed by atoms with Gasteiger partial charge >= 0.3 is 0 Å². The molecule has 21 heavy (non-hydrogen) atoms. The predicted octanol–water partition coefficient (Wildman–Crippen LogP) is 1.24. The van der Waals surface area contributed by atoms with Crippen LogP contribution < -0.4 is 9.41 Å². The van der Waals surface area contributed by atoms with Crippen LogP contribution >= 0.6 is 22.6 Å². The van der Waals surface area contributed by atoms with Crippen molar-refractivity contribution >= 4 is 44.3 Å². The molecule has 0 aliphatic rings. The van der Waals surface area contributed by atoms with Crippen LogP contribution in [0.3, 0.4) is 0 Å². The normalized spacial score (nSPS) is 11.1. The van der Waals surface area contributed by atoms with E-state index < -0.39 is 22.5 Å². The molecule has 0 unspecified atom stereocenters. The van der Waals surface area contributed by atoms with Crippen LogP contribution in [0.4, 0.5) is 5.69 Å². The lowest BCUT2D eigenvalue weighted by molar-refractivity contribution is -0.303. The first kappa shape index (κ1) is 15.8. The second-order valence-corrected chi connectivity index (χ2v) is 7.28. The van der Waals surface area contributed by atoms with Crippen molar-refractivity contribution in [1.82, 2.24) is 0 Å². The zero-order valence-electron chi connectivity index (χ0n) is 10.8. The highest BCUT2D eigenvalue weighted by atomic mass is 127. The minimum Gasteiger partial charge on any atom is -0.548 e. The van der Waals surface area contributed by atoms with E-state index in [0.717, 1.165) is 7.88 Å². The molecule has 0 heterocycles. The molecular formula is C14H11INO4S-. The predicted molar refractivity (Wildman–Crippen MR) is 85.1 cm³/mol. The Hall–Kier alpha value is -1.61. The molecule has 0 aliphatic heterocycles. The van der Waals surface area contributed by atoms with Crippen molar-refractivity contribution in [2.24, 2.45) is 0 Å². The fraction of sp³-hybridized carbons (Fsp3) is 0.0714. The number of anilines is 1. The number of halogens is 1. The van der Waals surface area contributed by atoms with Gasteiger partial charge in [0.15, 0.2) is 0 Å². The number of nitrogens with zero attached hydrogens (tertiary/aromatic N) is 1. The van der Waals surface area contributed by atoms with Gasteiger partial charge in [-0.05, 0) is 59.0 Å². The van der Waals surface area contributed by atoms with Crippen LogP contribution in [-0.4, -0.2) is 20.9 Å². The number of carboxylic acid groups (broad SMARTS) is 1. The maximum Gasteiger partial charge on any atom is 0.264 e. The second-order valence-electron chi connectivity index (χ2n) is 4.17. The lowest BCUT2D eigenvalue weighted by atomic mass is 10.3. The molecule has 0 spiro atoms. The van der Waals surface area contributed by atoms with Crippen molar-refractivity contribution in [2.45, 2.75) is 4.90 Å². The van der Waals surface area contributed by atoms with Crippen molar-refractivity contribution in [1.29, 1.82) is 0 Å². The van der Waals surface area contributed by atoms with E-state index >= 15 is 0 Å². The van der Waals surface area contributed by atoms with Gasteiger partial charge in [-0.25, -0.2) is 8.42 Å². The van der Waals surface area contributed by atoms with Gasteiger partial charge in [-0.2, -0.15) is 0 Å². The Balaban J connectivity index is 2.50. The van der Waals surface area contributed by atoms with Crippen LogP contribution in [-0.2, 0) is 14.8 Å². The van der Waals surface area contributed by atoms with Gasteiger partial charge in [-0.1, -0.05) is 18.2 Å². The summed E-state index contributed by atoms with van der Waals surface area (Å²) in [7, 11) is -3.95. The van der Waals surface area contributed by atoms with Gasteiger partial charge < -0.3 is 9.90 Å². The van der Waals surface area contributed by atoms with Gasteiger partial charge in [0, 0.05) is 3.57 Å². The summed E-state index contributed by atoms with van der Waals surface area (Å²) in [6, 6.07) is 14.2. The fourth-order valence-electron chi connectivity index (χ4n) is 1.76. The average Bonchev–Trinajstić information content (AvgIpc) is 2.46. The lowest BCUT2D eigenvalue weighted by Crippen LogP contribution is -2.41. The smallest absolute Gasteiger partial charge is 0.264 e. The Bertz CT molecular complexity index is 729. The number of benzene rings is 2. The summed E-state index contributed by atoms with van der Waals surface area (Å²) in [6.45, 7) is -0.738. The van der Waals surface area contributed by atoms with Crippen molar-refractivity contribution in [3.05, 3.63) is 58.2 Å². The Labute approximate surface area is 136 Å². The Morgan fingerprint density at radius 1 is 1.05 bits per heavy atom. The molecule has 0 aromatic heterocycles. The van der Waals surface area contributed by atoms with E-state index in [1.807, 2.05) is 0 Å². The molecule has 0 bridgehead atoms. The van der Waals surface area contributed by atoms with E-state index in [1.165, 1.54) is 12.1 Å². The third-order valence-electron chi connectivity index (χ3n) is 2.72. The average molecular weight is 416 g/mol. The molecule has 2 aromatic rings. The first-order valence-corrected chi connectivity index (χ1v) is 8.46. The Morgan fingerprint density at radius 3 is 2.14 bits per heavy atom. The molecule has 0 saturated carbocycles. The third kappa shape index (κ3) is 3.73. The number of carboxylic acids is 1. The van der Waals surface area contributed by atoms with Gasteiger partial charge in [0.25, 0.3) is 10.0 Å². The number of aliphatic carboxylic acids is 1. The van der Waals surface area contributed by atoms with Gasteiger partial charge in [0.05, 0.1) is 23.1 Å². The van der Waals surface area contributed by atoms with E-state index in [4.69, 9.17) is 0 Å². The van der Waals surface area contributed by atoms with Crippen molar-refractivity contribution in [3.8, 4) is 0 Å². The lowest BCUT2D eigenvalue weighted by Gasteiger charge is -2.25. The van der Waals surface area contributed by atoms with E-state index in [9.17, 15) is 18.3 Å². The molecule has 0 aliphatic carbocycles. The first-order chi connectivity index (χ1) is 9.91. The van der Waals surface area contributed by atoms with Crippen LogP contribution in [0.5, 0.6) is 0 Å². The molecule has 5 nitrogen and oxygen atoms in total. The largest absolute Gasteiger partial charge is 0.548 e. The number of rotatable bonds is 5. The molecule has 0 N–H and O–H groups in total. The van der Waals surface area contributed by atoms with Crippen LogP contribution in [0.25, 0.3) is 0 Å². The second kappa shape index (κ2) is 6.44. The Morgan fingerprint density at radius 2 is 1.62 bits per heavy atom. The maximum atomic E-state index is 12.6. The van der Waals surface area contributed by atoms with Gasteiger partial charge in [-0.15, -0.1) is 0 Å².